The quantitative estimate of drug-likeness (QED) is 0.820. The molecule has 0 N–H and O–H groups in total. The molecule has 1 rings (SSSR count). The highest BCUT2D eigenvalue weighted by atomic mass is 79.9. The van der Waals surface area contributed by atoms with Crippen LogP contribution < -0.4 is 0 Å². The highest BCUT2D eigenvalue weighted by molar-refractivity contribution is 9.10. The Hall–Kier alpha value is -0.880. The molecule has 4 nitrogen and oxygen atoms in total. The van der Waals surface area contributed by atoms with Gasteiger partial charge in [-0.1, -0.05) is 15.9 Å². The van der Waals surface area contributed by atoms with E-state index in [4.69, 9.17) is 0 Å². The van der Waals surface area contributed by atoms with Crippen LogP contribution in [0.5, 0.6) is 0 Å². The van der Waals surface area contributed by atoms with Gasteiger partial charge in [-0.25, -0.2) is 8.42 Å². The summed E-state index contributed by atoms with van der Waals surface area (Å²) < 4.78 is 23.2. The molecule has 1 aromatic rings. The molecule has 0 unspecified atom stereocenters. The summed E-state index contributed by atoms with van der Waals surface area (Å²) >= 11 is 3.36. The molecule has 0 atom stereocenters. The summed E-state index contributed by atoms with van der Waals surface area (Å²) in [6, 6.07) is 5.47. The van der Waals surface area contributed by atoms with Crippen molar-refractivity contribution in [2.75, 3.05) is 25.1 Å². The monoisotopic (exact) mass is 347 g/mol. The van der Waals surface area contributed by atoms with E-state index in [0.29, 0.717) is 12.1 Å². The third-order valence-electron chi connectivity index (χ3n) is 2.69. The molecule has 19 heavy (non-hydrogen) atoms. The van der Waals surface area contributed by atoms with Crippen molar-refractivity contribution >= 4 is 31.7 Å². The number of sulfone groups is 1. The van der Waals surface area contributed by atoms with Gasteiger partial charge in [0.1, 0.15) is 9.84 Å². The Balaban J connectivity index is 2.89. The van der Waals surface area contributed by atoms with Gasteiger partial charge in [0.05, 0.1) is 5.75 Å². The van der Waals surface area contributed by atoms with Gasteiger partial charge >= 0.3 is 0 Å². The first kappa shape index (κ1) is 16.2. The molecule has 0 spiro atoms. The lowest BCUT2D eigenvalue weighted by molar-refractivity contribution is 0.0774. The smallest absolute Gasteiger partial charge is 0.253 e. The van der Waals surface area contributed by atoms with Gasteiger partial charge in [-0.3, -0.25) is 4.79 Å². The Morgan fingerprint density at radius 3 is 2.42 bits per heavy atom. The van der Waals surface area contributed by atoms with E-state index in [1.165, 1.54) is 6.26 Å². The first-order valence-corrected chi connectivity index (χ1v) is 8.82. The Labute approximate surface area is 122 Å². The van der Waals surface area contributed by atoms with Crippen LogP contribution in [-0.2, 0) is 9.84 Å². The number of nitrogens with zero attached hydrogens (tertiary/aromatic N) is 1. The zero-order chi connectivity index (χ0) is 14.6. The molecule has 0 aromatic heterocycles. The van der Waals surface area contributed by atoms with E-state index in [2.05, 4.69) is 15.9 Å². The minimum Gasteiger partial charge on any atom is -0.338 e. The molecular formula is C13H18BrNO3S. The molecule has 0 aliphatic rings. The second-order valence-electron chi connectivity index (χ2n) is 4.53. The number of benzene rings is 1. The Kier molecular flexibility index (Phi) is 5.55. The number of aryl methyl sites for hydroxylation is 1. The van der Waals surface area contributed by atoms with Crippen LogP contribution in [0.4, 0.5) is 0 Å². The zero-order valence-corrected chi connectivity index (χ0v) is 13.7. The predicted octanol–water partition coefficient (Wildman–Crippen LogP) is 2.26. The van der Waals surface area contributed by atoms with Crippen LogP contribution in [0, 0.1) is 6.92 Å². The lowest BCUT2D eigenvalue weighted by atomic mass is 10.1. The molecule has 0 heterocycles. The highest BCUT2D eigenvalue weighted by Gasteiger charge is 2.16. The maximum absolute atomic E-state index is 12.3. The molecule has 0 radical (unpaired) electrons. The fourth-order valence-electron chi connectivity index (χ4n) is 1.72. The third-order valence-corrected chi connectivity index (χ3v) is 4.07. The lowest BCUT2D eigenvalue weighted by Gasteiger charge is -2.20. The normalized spacial score (nSPS) is 11.4. The highest BCUT2D eigenvalue weighted by Crippen LogP contribution is 2.16. The Morgan fingerprint density at radius 1 is 1.32 bits per heavy atom. The molecule has 0 saturated heterocycles. The zero-order valence-electron chi connectivity index (χ0n) is 11.3. The van der Waals surface area contributed by atoms with E-state index in [9.17, 15) is 13.2 Å². The summed E-state index contributed by atoms with van der Waals surface area (Å²) in [6.07, 6.45) is 1.18. The molecule has 1 aromatic carbocycles. The van der Waals surface area contributed by atoms with Gasteiger partial charge in [-0.15, -0.1) is 0 Å². The van der Waals surface area contributed by atoms with Gasteiger partial charge in [-0.2, -0.15) is 0 Å². The number of carbonyl (C=O) groups is 1. The van der Waals surface area contributed by atoms with E-state index in [1.54, 1.807) is 17.0 Å². The van der Waals surface area contributed by atoms with Crippen LogP contribution in [0.15, 0.2) is 22.7 Å². The number of rotatable bonds is 5. The van der Waals surface area contributed by atoms with Crippen molar-refractivity contribution in [3.63, 3.8) is 0 Å². The van der Waals surface area contributed by atoms with Crippen molar-refractivity contribution in [1.82, 2.24) is 4.90 Å². The number of hydrogen-bond donors (Lipinski definition) is 0. The number of halogens is 1. The maximum Gasteiger partial charge on any atom is 0.253 e. The van der Waals surface area contributed by atoms with E-state index in [-0.39, 0.29) is 18.2 Å². The minimum atomic E-state index is -3.06. The van der Waals surface area contributed by atoms with Gasteiger partial charge in [0.2, 0.25) is 0 Å². The number of hydrogen-bond acceptors (Lipinski definition) is 3. The van der Waals surface area contributed by atoms with Crippen LogP contribution >= 0.6 is 15.9 Å². The van der Waals surface area contributed by atoms with Gasteiger partial charge in [0.15, 0.2) is 0 Å². The van der Waals surface area contributed by atoms with Gasteiger partial charge in [0.25, 0.3) is 5.91 Å². The average molecular weight is 348 g/mol. The first-order valence-electron chi connectivity index (χ1n) is 5.97. The minimum absolute atomic E-state index is 0.0143. The van der Waals surface area contributed by atoms with E-state index < -0.39 is 9.84 Å². The summed E-state index contributed by atoms with van der Waals surface area (Å²) in [5.74, 6) is -0.157. The molecule has 0 aliphatic carbocycles. The number of carbonyl (C=O) groups excluding carboxylic acids is 1. The van der Waals surface area contributed by atoms with Crippen molar-refractivity contribution in [3.05, 3.63) is 33.8 Å². The molecule has 6 heteroatoms. The maximum atomic E-state index is 12.3. The summed E-state index contributed by atoms with van der Waals surface area (Å²) in [6.45, 7) is 4.46. The van der Waals surface area contributed by atoms with E-state index >= 15 is 0 Å². The van der Waals surface area contributed by atoms with E-state index in [0.717, 1.165) is 10.0 Å². The average Bonchev–Trinajstić information content (AvgIpc) is 2.26. The molecule has 106 valence electrons. The fraction of sp³-hybridized carbons (Fsp3) is 0.462. The topological polar surface area (TPSA) is 54.5 Å². The van der Waals surface area contributed by atoms with Crippen molar-refractivity contribution in [1.29, 1.82) is 0 Å². The standard InChI is InChI=1S/C13H18BrNO3S/c1-4-15(5-6-19(3,17)18)13(16)11-7-10(2)8-12(14)9-11/h7-9H,4-6H2,1-3H3. The van der Waals surface area contributed by atoms with Gasteiger partial charge < -0.3 is 4.90 Å². The first-order chi connectivity index (χ1) is 8.73. The van der Waals surface area contributed by atoms with Crippen molar-refractivity contribution in [3.8, 4) is 0 Å². The molecular weight excluding hydrogens is 330 g/mol. The summed E-state index contributed by atoms with van der Waals surface area (Å²) in [4.78, 5) is 13.9. The predicted molar refractivity (Wildman–Crippen MR) is 80.2 cm³/mol. The van der Waals surface area contributed by atoms with Crippen molar-refractivity contribution in [2.24, 2.45) is 0 Å². The fourth-order valence-corrected chi connectivity index (χ4v) is 2.88. The molecule has 0 saturated carbocycles. The van der Waals surface area contributed by atoms with Gasteiger partial charge in [-0.05, 0) is 37.6 Å². The van der Waals surface area contributed by atoms with Crippen molar-refractivity contribution < 1.29 is 13.2 Å². The molecule has 0 aliphatic heterocycles. The second kappa shape index (κ2) is 6.52. The van der Waals surface area contributed by atoms with Crippen LogP contribution in [0.3, 0.4) is 0 Å². The van der Waals surface area contributed by atoms with Crippen LogP contribution in [0.2, 0.25) is 0 Å². The molecule has 0 fully saturated rings. The van der Waals surface area contributed by atoms with Gasteiger partial charge in [0, 0.05) is 29.4 Å². The Morgan fingerprint density at radius 2 is 1.95 bits per heavy atom. The van der Waals surface area contributed by atoms with Crippen LogP contribution in [0.25, 0.3) is 0 Å². The second-order valence-corrected chi connectivity index (χ2v) is 7.71. The lowest BCUT2D eigenvalue weighted by Crippen LogP contribution is -2.34. The summed E-state index contributed by atoms with van der Waals surface area (Å²) in [7, 11) is -3.06. The van der Waals surface area contributed by atoms with Crippen LogP contribution in [-0.4, -0.2) is 44.3 Å². The molecule has 1 amide bonds. The van der Waals surface area contributed by atoms with Crippen molar-refractivity contribution in [2.45, 2.75) is 13.8 Å². The molecule has 0 bridgehead atoms. The summed E-state index contributed by atoms with van der Waals surface area (Å²) in [5.41, 5.74) is 1.55. The van der Waals surface area contributed by atoms with Crippen LogP contribution in [0.1, 0.15) is 22.8 Å². The van der Waals surface area contributed by atoms with E-state index in [1.807, 2.05) is 19.9 Å². The third kappa shape index (κ3) is 5.32. The SMILES string of the molecule is CCN(CCS(C)(=O)=O)C(=O)c1cc(C)cc(Br)c1. The Bertz CT molecular complexity index is 549. The summed E-state index contributed by atoms with van der Waals surface area (Å²) in [5, 5.41) is 0. The number of amides is 1. The largest absolute Gasteiger partial charge is 0.338 e.